The van der Waals surface area contributed by atoms with Gasteiger partial charge in [0, 0.05) is 25.9 Å². The molecule has 0 aromatic heterocycles. The van der Waals surface area contributed by atoms with Gasteiger partial charge < -0.3 is 30.5 Å². The summed E-state index contributed by atoms with van der Waals surface area (Å²) in [5.41, 5.74) is 17.6. The quantitative estimate of drug-likeness (QED) is 0.434. The SMILES string of the molecule is CCO[Si](OCC)(OCC)C(N)CCC(N)CCCN. The third kappa shape index (κ3) is 7.12. The molecule has 0 bridgehead atoms. The molecule has 0 aliphatic heterocycles. The van der Waals surface area contributed by atoms with Crippen LogP contribution >= 0.6 is 0 Å². The predicted octanol–water partition coefficient (Wildman–Crippen LogP) is 0.748. The fourth-order valence-electron chi connectivity index (χ4n) is 2.14. The van der Waals surface area contributed by atoms with E-state index in [0.717, 1.165) is 25.7 Å². The van der Waals surface area contributed by atoms with E-state index in [1.807, 2.05) is 20.8 Å². The summed E-state index contributed by atoms with van der Waals surface area (Å²) in [4.78, 5) is 0. The molecule has 0 aliphatic carbocycles. The second kappa shape index (κ2) is 11.6. The van der Waals surface area contributed by atoms with E-state index in [1.165, 1.54) is 0 Å². The lowest BCUT2D eigenvalue weighted by Crippen LogP contribution is -2.60. The van der Waals surface area contributed by atoms with Crippen LogP contribution in [0.2, 0.25) is 0 Å². The Morgan fingerprint density at radius 1 is 0.850 bits per heavy atom. The van der Waals surface area contributed by atoms with E-state index in [1.54, 1.807) is 0 Å². The number of hydrogen-bond donors (Lipinski definition) is 3. The first-order valence-electron chi connectivity index (χ1n) is 7.69. The lowest BCUT2D eigenvalue weighted by atomic mass is 10.1. The van der Waals surface area contributed by atoms with E-state index in [-0.39, 0.29) is 11.7 Å². The Labute approximate surface area is 124 Å². The van der Waals surface area contributed by atoms with Gasteiger partial charge in [0.1, 0.15) is 0 Å². The van der Waals surface area contributed by atoms with Crippen molar-refractivity contribution in [2.24, 2.45) is 17.2 Å². The largest absolute Gasteiger partial charge is 0.518 e. The average Bonchev–Trinajstić information content (AvgIpc) is 2.43. The molecule has 122 valence electrons. The lowest BCUT2D eigenvalue weighted by molar-refractivity contribution is 0.0609. The van der Waals surface area contributed by atoms with Gasteiger partial charge in [-0.2, -0.15) is 0 Å². The summed E-state index contributed by atoms with van der Waals surface area (Å²) in [7, 11) is -2.80. The summed E-state index contributed by atoms with van der Waals surface area (Å²) in [5.74, 6) is 0. The summed E-state index contributed by atoms with van der Waals surface area (Å²) < 4.78 is 17.4. The zero-order chi connectivity index (χ0) is 15.4. The van der Waals surface area contributed by atoms with Gasteiger partial charge in [-0.3, -0.25) is 0 Å². The van der Waals surface area contributed by atoms with Gasteiger partial charge in [0.25, 0.3) is 0 Å². The van der Waals surface area contributed by atoms with Gasteiger partial charge in [0.15, 0.2) is 0 Å². The Morgan fingerprint density at radius 2 is 1.35 bits per heavy atom. The number of nitrogens with two attached hydrogens (primary N) is 3. The van der Waals surface area contributed by atoms with Gasteiger partial charge in [0.2, 0.25) is 0 Å². The van der Waals surface area contributed by atoms with Crippen LogP contribution in [0.15, 0.2) is 0 Å². The average molecular weight is 308 g/mol. The standard InChI is InChI=1S/C13H33N3O3Si/c1-4-17-20(18-5-2,19-6-3)13(16)10-9-12(15)8-7-11-14/h12-13H,4-11,14-16H2,1-3H3. The first kappa shape index (κ1) is 20.0. The summed E-state index contributed by atoms with van der Waals surface area (Å²) in [6.45, 7) is 8.09. The molecule has 0 radical (unpaired) electrons. The summed E-state index contributed by atoms with van der Waals surface area (Å²) in [6, 6.07) is 0.126. The fourth-order valence-corrected chi connectivity index (χ4v) is 4.76. The van der Waals surface area contributed by atoms with Gasteiger partial charge >= 0.3 is 8.80 Å². The third-order valence-electron chi connectivity index (χ3n) is 3.12. The fraction of sp³-hybridized carbons (Fsp3) is 1.00. The molecule has 0 spiro atoms. The van der Waals surface area contributed by atoms with Crippen LogP contribution in [0.1, 0.15) is 46.5 Å². The van der Waals surface area contributed by atoms with Crippen LogP contribution in [-0.4, -0.2) is 46.9 Å². The maximum atomic E-state index is 6.29. The van der Waals surface area contributed by atoms with Crippen LogP contribution in [-0.2, 0) is 13.3 Å². The molecule has 0 heterocycles. The molecule has 20 heavy (non-hydrogen) atoms. The van der Waals surface area contributed by atoms with Crippen molar-refractivity contribution in [2.75, 3.05) is 26.4 Å². The van der Waals surface area contributed by atoms with E-state index in [2.05, 4.69) is 0 Å². The first-order chi connectivity index (χ1) is 9.56. The monoisotopic (exact) mass is 307 g/mol. The maximum absolute atomic E-state index is 6.29. The molecule has 0 saturated heterocycles. The highest BCUT2D eigenvalue weighted by Crippen LogP contribution is 2.18. The molecule has 2 atom stereocenters. The van der Waals surface area contributed by atoms with Crippen molar-refractivity contribution in [2.45, 2.75) is 58.2 Å². The van der Waals surface area contributed by atoms with Gasteiger partial charge in [-0.25, -0.2) is 0 Å². The molecule has 0 aromatic rings. The van der Waals surface area contributed by atoms with Crippen molar-refractivity contribution < 1.29 is 13.3 Å². The molecular weight excluding hydrogens is 274 g/mol. The number of rotatable bonds is 13. The van der Waals surface area contributed by atoms with Gasteiger partial charge in [-0.15, -0.1) is 0 Å². The van der Waals surface area contributed by atoms with Crippen LogP contribution in [0.5, 0.6) is 0 Å². The normalized spacial score (nSPS) is 15.3. The van der Waals surface area contributed by atoms with Crippen molar-refractivity contribution >= 4 is 8.80 Å². The Balaban J connectivity index is 4.48. The van der Waals surface area contributed by atoms with Crippen molar-refractivity contribution in [1.29, 1.82) is 0 Å². The Kier molecular flexibility index (Phi) is 11.6. The minimum atomic E-state index is -2.80. The van der Waals surface area contributed by atoms with Crippen LogP contribution in [0.25, 0.3) is 0 Å². The minimum absolute atomic E-state index is 0.126. The van der Waals surface area contributed by atoms with Gasteiger partial charge in [0.05, 0.1) is 5.67 Å². The molecule has 2 unspecified atom stereocenters. The van der Waals surface area contributed by atoms with Crippen molar-refractivity contribution in [1.82, 2.24) is 0 Å². The zero-order valence-corrected chi connectivity index (χ0v) is 14.3. The molecule has 0 aliphatic rings. The van der Waals surface area contributed by atoms with Crippen molar-refractivity contribution in [3.63, 3.8) is 0 Å². The van der Waals surface area contributed by atoms with E-state index >= 15 is 0 Å². The summed E-state index contributed by atoms with van der Waals surface area (Å²) in [6.07, 6.45) is 3.46. The van der Waals surface area contributed by atoms with E-state index in [0.29, 0.717) is 26.4 Å². The molecule has 0 aromatic carbocycles. The molecule has 0 saturated carbocycles. The van der Waals surface area contributed by atoms with E-state index in [4.69, 9.17) is 30.5 Å². The Morgan fingerprint density at radius 3 is 1.75 bits per heavy atom. The molecule has 0 fully saturated rings. The smallest absolute Gasteiger partial charge is 0.373 e. The third-order valence-corrected chi connectivity index (χ3v) is 6.39. The number of hydrogen-bond acceptors (Lipinski definition) is 6. The second-order valence-corrected chi connectivity index (χ2v) is 7.59. The highest BCUT2D eigenvalue weighted by Gasteiger charge is 2.47. The van der Waals surface area contributed by atoms with Crippen LogP contribution in [0, 0.1) is 0 Å². The minimum Gasteiger partial charge on any atom is -0.373 e. The van der Waals surface area contributed by atoms with Crippen LogP contribution in [0.4, 0.5) is 0 Å². The Bertz CT molecular complexity index is 218. The molecule has 6 nitrogen and oxygen atoms in total. The highest BCUT2D eigenvalue weighted by molar-refractivity contribution is 6.62. The molecule has 0 rings (SSSR count). The molecule has 0 amide bonds. The Hall–Kier alpha value is -0.0231. The van der Waals surface area contributed by atoms with E-state index in [9.17, 15) is 0 Å². The molecule has 7 heteroatoms. The van der Waals surface area contributed by atoms with E-state index < -0.39 is 8.80 Å². The maximum Gasteiger partial charge on any atom is 0.518 e. The topological polar surface area (TPSA) is 106 Å². The summed E-state index contributed by atoms with van der Waals surface area (Å²) >= 11 is 0. The van der Waals surface area contributed by atoms with Crippen molar-refractivity contribution in [3.05, 3.63) is 0 Å². The van der Waals surface area contributed by atoms with Gasteiger partial charge in [-0.1, -0.05) is 0 Å². The van der Waals surface area contributed by atoms with Crippen LogP contribution < -0.4 is 17.2 Å². The van der Waals surface area contributed by atoms with Gasteiger partial charge in [-0.05, 0) is 53.0 Å². The van der Waals surface area contributed by atoms with Crippen molar-refractivity contribution in [3.8, 4) is 0 Å². The summed E-state index contributed by atoms with van der Waals surface area (Å²) in [5, 5.41) is 0. The first-order valence-corrected chi connectivity index (χ1v) is 9.49. The lowest BCUT2D eigenvalue weighted by Gasteiger charge is -2.33. The predicted molar refractivity (Wildman–Crippen MR) is 84.1 cm³/mol. The second-order valence-electron chi connectivity index (χ2n) is 4.78. The van der Waals surface area contributed by atoms with Crippen LogP contribution in [0.3, 0.4) is 0 Å². The molecule has 6 N–H and O–H groups in total. The molecular formula is C13H33N3O3Si. The zero-order valence-electron chi connectivity index (χ0n) is 13.3. The highest BCUT2D eigenvalue weighted by atomic mass is 28.4.